The number of nitrogens with one attached hydrogen (secondary N) is 2. The maximum Gasteiger partial charge on any atom is 0.265 e. The van der Waals surface area contributed by atoms with Crippen molar-refractivity contribution in [3.63, 3.8) is 0 Å². The van der Waals surface area contributed by atoms with E-state index in [0.29, 0.717) is 16.3 Å². The molecule has 1 atom stereocenters. The fraction of sp³-hybridized carbons (Fsp3) is 0.125. The number of carbonyl (C=O) groups excluding carboxylic acids is 2. The number of hydrogen-bond donors (Lipinski definition) is 2. The number of carbonyl (C=O) groups is 2. The number of anilines is 2. The number of thiophene rings is 1. The van der Waals surface area contributed by atoms with Crippen LogP contribution in [0.5, 0.6) is 0 Å². The van der Waals surface area contributed by atoms with Gasteiger partial charge in [-0.15, -0.1) is 11.3 Å². The number of aromatic nitrogens is 3. The standard InChI is InChI=1S/C16H15N5O2S/c1-11(21-10-17-9-18-21)15(22)19-12-4-6-13(7-5-12)20-16(23)14-3-2-8-24-14/h2-11H,1H3,(H,19,22)(H,20,23). The predicted molar refractivity (Wildman–Crippen MR) is 92.1 cm³/mol. The highest BCUT2D eigenvalue weighted by molar-refractivity contribution is 7.12. The monoisotopic (exact) mass is 341 g/mol. The van der Waals surface area contributed by atoms with E-state index < -0.39 is 6.04 Å². The number of nitrogens with zero attached hydrogens (tertiary/aromatic N) is 3. The van der Waals surface area contributed by atoms with Crippen LogP contribution >= 0.6 is 11.3 Å². The van der Waals surface area contributed by atoms with Crippen LogP contribution in [0.15, 0.2) is 54.4 Å². The fourth-order valence-electron chi connectivity index (χ4n) is 2.02. The Kier molecular flexibility index (Phi) is 4.66. The highest BCUT2D eigenvalue weighted by Gasteiger charge is 2.15. The van der Waals surface area contributed by atoms with Crippen molar-refractivity contribution in [2.75, 3.05) is 10.6 Å². The molecule has 0 saturated heterocycles. The Labute approximate surface area is 142 Å². The number of rotatable bonds is 5. The van der Waals surface area contributed by atoms with Crippen molar-refractivity contribution in [3.05, 3.63) is 59.3 Å². The molecule has 2 amide bonds. The van der Waals surface area contributed by atoms with Crippen LogP contribution in [-0.2, 0) is 4.79 Å². The van der Waals surface area contributed by atoms with Crippen LogP contribution in [0, 0.1) is 0 Å². The van der Waals surface area contributed by atoms with E-state index in [9.17, 15) is 9.59 Å². The average molecular weight is 341 g/mol. The Morgan fingerprint density at radius 2 is 1.83 bits per heavy atom. The van der Waals surface area contributed by atoms with E-state index in [1.165, 1.54) is 28.7 Å². The first kappa shape index (κ1) is 15.9. The molecule has 7 nitrogen and oxygen atoms in total. The second kappa shape index (κ2) is 7.05. The highest BCUT2D eigenvalue weighted by atomic mass is 32.1. The van der Waals surface area contributed by atoms with Crippen LogP contribution in [0.4, 0.5) is 11.4 Å². The Morgan fingerprint density at radius 3 is 2.42 bits per heavy atom. The van der Waals surface area contributed by atoms with Crippen LogP contribution in [-0.4, -0.2) is 26.6 Å². The van der Waals surface area contributed by atoms with E-state index in [1.807, 2.05) is 11.4 Å². The Hall–Kier alpha value is -3.00. The van der Waals surface area contributed by atoms with Crippen molar-refractivity contribution in [2.24, 2.45) is 0 Å². The van der Waals surface area contributed by atoms with Gasteiger partial charge in [-0.1, -0.05) is 6.07 Å². The van der Waals surface area contributed by atoms with Crippen LogP contribution < -0.4 is 10.6 Å². The van der Waals surface area contributed by atoms with Crippen molar-refractivity contribution in [1.29, 1.82) is 0 Å². The molecule has 24 heavy (non-hydrogen) atoms. The molecule has 0 aliphatic heterocycles. The van der Waals surface area contributed by atoms with Gasteiger partial charge in [-0.2, -0.15) is 5.10 Å². The molecule has 8 heteroatoms. The van der Waals surface area contributed by atoms with Crippen molar-refractivity contribution in [1.82, 2.24) is 14.8 Å². The van der Waals surface area contributed by atoms with E-state index in [4.69, 9.17) is 0 Å². The summed E-state index contributed by atoms with van der Waals surface area (Å²) >= 11 is 1.38. The van der Waals surface area contributed by atoms with Crippen LogP contribution in [0.1, 0.15) is 22.6 Å². The van der Waals surface area contributed by atoms with Gasteiger partial charge in [0.15, 0.2) is 0 Å². The third kappa shape index (κ3) is 3.66. The maximum absolute atomic E-state index is 12.2. The normalized spacial score (nSPS) is 11.7. The van der Waals surface area contributed by atoms with Crippen LogP contribution in [0.3, 0.4) is 0 Å². The van der Waals surface area contributed by atoms with Gasteiger partial charge in [-0.25, -0.2) is 9.67 Å². The summed E-state index contributed by atoms with van der Waals surface area (Å²) in [5.74, 6) is -0.350. The fourth-order valence-corrected chi connectivity index (χ4v) is 2.64. The van der Waals surface area contributed by atoms with Gasteiger partial charge in [-0.3, -0.25) is 9.59 Å². The van der Waals surface area contributed by atoms with Gasteiger partial charge >= 0.3 is 0 Å². The first-order valence-corrected chi connectivity index (χ1v) is 8.11. The molecule has 2 aromatic heterocycles. The lowest BCUT2D eigenvalue weighted by Crippen LogP contribution is -2.24. The minimum absolute atomic E-state index is 0.151. The Morgan fingerprint density at radius 1 is 1.12 bits per heavy atom. The third-order valence-corrected chi connectivity index (χ3v) is 4.24. The van der Waals surface area contributed by atoms with Crippen molar-refractivity contribution in [3.8, 4) is 0 Å². The third-order valence-electron chi connectivity index (χ3n) is 3.37. The lowest BCUT2D eigenvalue weighted by atomic mass is 10.2. The molecule has 0 spiro atoms. The predicted octanol–water partition coefficient (Wildman–Crippen LogP) is 2.79. The minimum atomic E-state index is -0.467. The molecule has 0 bridgehead atoms. The summed E-state index contributed by atoms with van der Waals surface area (Å²) in [6.45, 7) is 1.74. The summed E-state index contributed by atoms with van der Waals surface area (Å²) in [5, 5.41) is 11.4. The summed E-state index contributed by atoms with van der Waals surface area (Å²) in [4.78, 5) is 28.6. The van der Waals surface area contributed by atoms with Gasteiger partial charge in [0, 0.05) is 11.4 Å². The zero-order valence-electron chi connectivity index (χ0n) is 12.8. The first-order chi connectivity index (χ1) is 11.6. The molecular weight excluding hydrogens is 326 g/mol. The minimum Gasteiger partial charge on any atom is -0.324 e. The van der Waals surface area contributed by atoms with Crippen molar-refractivity contribution >= 4 is 34.5 Å². The molecule has 122 valence electrons. The average Bonchev–Trinajstić information content (AvgIpc) is 3.29. The molecule has 0 saturated carbocycles. The second-order valence-electron chi connectivity index (χ2n) is 5.05. The molecule has 0 fully saturated rings. The molecule has 0 radical (unpaired) electrons. The van der Waals surface area contributed by atoms with E-state index in [0.717, 1.165) is 0 Å². The van der Waals surface area contributed by atoms with E-state index in [1.54, 1.807) is 37.3 Å². The quantitative estimate of drug-likeness (QED) is 0.747. The lowest BCUT2D eigenvalue weighted by Gasteiger charge is -2.12. The van der Waals surface area contributed by atoms with E-state index >= 15 is 0 Å². The SMILES string of the molecule is CC(C(=O)Nc1ccc(NC(=O)c2cccs2)cc1)n1cncn1. The topological polar surface area (TPSA) is 88.9 Å². The van der Waals surface area contributed by atoms with Crippen molar-refractivity contribution < 1.29 is 9.59 Å². The van der Waals surface area contributed by atoms with Gasteiger partial charge in [0.2, 0.25) is 5.91 Å². The molecule has 3 rings (SSSR count). The molecule has 3 aromatic rings. The van der Waals surface area contributed by atoms with Gasteiger partial charge < -0.3 is 10.6 Å². The van der Waals surface area contributed by atoms with Gasteiger partial charge in [-0.05, 0) is 42.6 Å². The summed E-state index contributed by atoms with van der Waals surface area (Å²) in [6.07, 6.45) is 2.88. The Bertz CT molecular complexity index is 813. The molecule has 0 aliphatic carbocycles. The van der Waals surface area contributed by atoms with Crippen LogP contribution in [0.2, 0.25) is 0 Å². The smallest absolute Gasteiger partial charge is 0.265 e. The number of amides is 2. The zero-order valence-corrected chi connectivity index (χ0v) is 13.7. The van der Waals surface area contributed by atoms with E-state index in [-0.39, 0.29) is 11.8 Å². The highest BCUT2D eigenvalue weighted by Crippen LogP contribution is 2.17. The number of hydrogen-bond acceptors (Lipinski definition) is 5. The second-order valence-corrected chi connectivity index (χ2v) is 6.00. The maximum atomic E-state index is 12.2. The van der Waals surface area contributed by atoms with Gasteiger partial charge in [0.25, 0.3) is 5.91 Å². The lowest BCUT2D eigenvalue weighted by molar-refractivity contribution is -0.119. The van der Waals surface area contributed by atoms with E-state index in [2.05, 4.69) is 20.7 Å². The molecule has 2 N–H and O–H groups in total. The van der Waals surface area contributed by atoms with Gasteiger partial charge in [0.05, 0.1) is 4.88 Å². The molecule has 0 aliphatic rings. The van der Waals surface area contributed by atoms with Gasteiger partial charge in [0.1, 0.15) is 18.7 Å². The molecular formula is C16H15N5O2S. The molecule has 1 unspecified atom stereocenters. The van der Waals surface area contributed by atoms with Crippen LogP contribution in [0.25, 0.3) is 0 Å². The molecule has 1 aromatic carbocycles. The molecule has 2 heterocycles. The first-order valence-electron chi connectivity index (χ1n) is 7.23. The Balaban J connectivity index is 1.60. The zero-order chi connectivity index (χ0) is 16.9. The largest absolute Gasteiger partial charge is 0.324 e. The van der Waals surface area contributed by atoms with Crippen molar-refractivity contribution in [2.45, 2.75) is 13.0 Å². The summed E-state index contributed by atoms with van der Waals surface area (Å²) in [6, 6.07) is 10.1. The summed E-state index contributed by atoms with van der Waals surface area (Å²) < 4.78 is 1.48. The number of benzene rings is 1. The summed E-state index contributed by atoms with van der Waals surface area (Å²) in [7, 11) is 0. The summed E-state index contributed by atoms with van der Waals surface area (Å²) in [5.41, 5.74) is 1.30.